The first kappa shape index (κ1) is 18.8. The van der Waals surface area contributed by atoms with Crippen LogP contribution < -0.4 is 14.8 Å². The standard InChI is InChI=1S/C18H22N2O4S/c1-4-24-17-12-8-7-11-16(17)19-18(21)14-9-5-6-10-15(14)20-25(22,23)13(2)3/h5-13,20H,4H2,1-3H3,(H,19,21). The first-order valence-corrected chi connectivity index (χ1v) is 9.53. The van der Waals surface area contributed by atoms with E-state index in [2.05, 4.69) is 10.0 Å². The van der Waals surface area contributed by atoms with Crippen LogP contribution in [-0.4, -0.2) is 26.2 Å². The summed E-state index contributed by atoms with van der Waals surface area (Å²) in [5, 5.41) is 2.16. The van der Waals surface area contributed by atoms with Crippen LogP contribution in [0, 0.1) is 0 Å². The quantitative estimate of drug-likeness (QED) is 0.790. The topological polar surface area (TPSA) is 84.5 Å². The lowest BCUT2D eigenvalue weighted by Crippen LogP contribution is -2.24. The van der Waals surface area contributed by atoms with Gasteiger partial charge in [-0.2, -0.15) is 0 Å². The largest absolute Gasteiger partial charge is 0.492 e. The number of ether oxygens (including phenoxy) is 1. The molecular weight excluding hydrogens is 340 g/mol. The van der Waals surface area contributed by atoms with Crippen LogP contribution in [0.2, 0.25) is 0 Å². The summed E-state index contributed by atoms with van der Waals surface area (Å²) >= 11 is 0. The lowest BCUT2D eigenvalue weighted by molar-refractivity contribution is 0.102. The number of nitrogens with one attached hydrogen (secondary N) is 2. The molecule has 1 amide bonds. The van der Waals surface area contributed by atoms with Crippen LogP contribution in [0.3, 0.4) is 0 Å². The van der Waals surface area contributed by atoms with Gasteiger partial charge in [0.05, 0.1) is 28.8 Å². The highest BCUT2D eigenvalue weighted by Gasteiger charge is 2.20. The molecule has 6 nitrogen and oxygen atoms in total. The number of para-hydroxylation sites is 3. The van der Waals surface area contributed by atoms with E-state index in [1.807, 2.05) is 13.0 Å². The van der Waals surface area contributed by atoms with Crippen LogP contribution in [0.1, 0.15) is 31.1 Å². The fraction of sp³-hybridized carbons (Fsp3) is 0.278. The lowest BCUT2D eigenvalue weighted by atomic mass is 10.1. The van der Waals surface area contributed by atoms with E-state index < -0.39 is 21.2 Å². The summed E-state index contributed by atoms with van der Waals surface area (Å²) in [6, 6.07) is 13.5. The maximum Gasteiger partial charge on any atom is 0.257 e. The third kappa shape index (κ3) is 4.73. The van der Waals surface area contributed by atoms with Crippen LogP contribution in [0.4, 0.5) is 11.4 Å². The molecule has 2 aromatic carbocycles. The first-order valence-electron chi connectivity index (χ1n) is 7.99. The predicted molar refractivity (Wildman–Crippen MR) is 99.7 cm³/mol. The maximum atomic E-state index is 12.6. The molecule has 0 aliphatic carbocycles. The van der Waals surface area contributed by atoms with Crippen LogP contribution in [0.15, 0.2) is 48.5 Å². The highest BCUT2D eigenvalue weighted by molar-refractivity contribution is 7.93. The Morgan fingerprint density at radius 1 is 1.04 bits per heavy atom. The Balaban J connectivity index is 2.29. The number of hydrogen-bond acceptors (Lipinski definition) is 4. The lowest BCUT2D eigenvalue weighted by Gasteiger charge is -2.15. The highest BCUT2D eigenvalue weighted by atomic mass is 32.2. The molecule has 0 aliphatic heterocycles. The normalized spacial score (nSPS) is 11.2. The third-order valence-electron chi connectivity index (χ3n) is 3.48. The molecule has 0 atom stereocenters. The molecule has 25 heavy (non-hydrogen) atoms. The van der Waals surface area contributed by atoms with Crippen molar-refractivity contribution in [1.82, 2.24) is 0 Å². The van der Waals surface area contributed by atoms with Crippen molar-refractivity contribution >= 4 is 27.3 Å². The molecule has 0 bridgehead atoms. The number of carbonyl (C=O) groups is 1. The molecule has 7 heteroatoms. The van der Waals surface area contributed by atoms with Crippen molar-refractivity contribution < 1.29 is 17.9 Å². The van der Waals surface area contributed by atoms with Crippen LogP contribution in [0.5, 0.6) is 5.75 Å². The molecule has 0 fully saturated rings. The number of benzene rings is 2. The minimum absolute atomic E-state index is 0.234. The van der Waals surface area contributed by atoms with Gasteiger partial charge in [0.15, 0.2) is 0 Å². The Morgan fingerprint density at radius 3 is 2.28 bits per heavy atom. The fourth-order valence-corrected chi connectivity index (χ4v) is 2.80. The van der Waals surface area contributed by atoms with E-state index in [9.17, 15) is 13.2 Å². The Hall–Kier alpha value is -2.54. The van der Waals surface area contributed by atoms with E-state index in [0.29, 0.717) is 18.0 Å². The SMILES string of the molecule is CCOc1ccccc1NC(=O)c1ccccc1NS(=O)(=O)C(C)C. The van der Waals surface area contributed by atoms with E-state index in [1.54, 1.807) is 56.3 Å². The van der Waals surface area contributed by atoms with Crippen molar-refractivity contribution in [1.29, 1.82) is 0 Å². The second kappa shape index (κ2) is 8.02. The molecule has 134 valence electrons. The Morgan fingerprint density at radius 2 is 1.64 bits per heavy atom. The third-order valence-corrected chi connectivity index (χ3v) is 5.23. The zero-order valence-electron chi connectivity index (χ0n) is 14.4. The van der Waals surface area contributed by atoms with Crippen molar-refractivity contribution in [2.24, 2.45) is 0 Å². The molecule has 0 heterocycles. The summed E-state index contributed by atoms with van der Waals surface area (Å²) in [6.45, 7) is 5.47. The number of sulfonamides is 1. The molecule has 0 aromatic heterocycles. The summed E-state index contributed by atoms with van der Waals surface area (Å²) in [6.07, 6.45) is 0. The number of hydrogen-bond donors (Lipinski definition) is 2. The van der Waals surface area contributed by atoms with Gasteiger partial charge < -0.3 is 10.1 Å². The van der Waals surface area contributed by atoms with Gasteiger partial charge in [-0.1, -0.05) is 24.3 Å². The van der Waals surface area contributed by atoms with Gasteiger partial charge in [-0.25, -0.2) is 8.42 Å². The average molecular weight is 362 g/mol. The molecule has 2 aromatic rings. The van der Waals surface area contributed by atoms with E-state index in [4.69, 9.17) is 4.74 Å². The summed E-state index contributed by atoms with van der Waals surface area (Å²) in [4.78, 5) is 12.6. The van der Waals surface area contributed by atoms with Gasteiger partial charge in [0.1, 0.15) is 5.75 Å². The molecule has 0 saturated heterocycles. The minimum Gasteiger partial charge on any atom is -0.492 e. The van der Waals surface area contributed by atoms with Crippen molar-refractivity contribution in [3.8, 4) is 5.75 Å². The summed E-state index contributed by atoms with van der Waals surface area (Å²) in [5.41, 5.74) is 0.997. The van der Waals surface area contributed by atoms with Crippen LogP contribution in [-0.2, 0) is 10.0 Å². The molecule has 0 spiro atoms. The Bertz CT molecular complexity index is 848. The summed E-state index contributed by atoms with van der Waals surface area (Å²) < 4.78 is 32.2. The van der Waals surface area contributed by atoms with E-state index in [0.717, 1.165) is 0 Å². The predicted octanol–water partition coefficient (Wildman–Crippen LogP) is 3.49. The van der Waals surface area contributed by atoms with E-state index in [1.165, 1.54) is 0 Å². The minimum atomic E-state index is -3.55. The number of carbonyl (C=O) groups excluding carboxylic acids is 1. The van der Waals surface area contributed by atoms with Gasteiger partial charge in [-0.05, 0) is 45.0 Å². The van der Waals surface area contributed by atoms with Gasteiger partial charge >= 0.3 is 0 Å². The Labute approximate surface area is 148 Å². The van der Waals surface area contributed by atoms with Gasteiger partial charge in [0, 0.05) is 0 Å². The zero-order valence-corrected chi connectivity index (χ0v) is 15.3. The second-order valence-corrected chi connectivity index (χ2v) is 7.86. The molecule has 0 unspecified atom stereocenters. The second-order valence-electron chi connectivity index (χ2n) is 5.62. The molecule has 0 radical (unpaired) electrons. The van der Waals surface area contributed by atoms with Gasteiger partial charge in [0.25, 0.3) is 5.91 Å². The molecule has 0 aliphatic rings. The highest BCUT2D eigenvalue weighted by Crippen LogP contribution is 2.26. The van der Waals surface area contributed by atoms with E-state index in [-0.39, 0.29) is 11.3 Å². The smallest absolute Gasteiger partial charge is 0.257 e. The van der Waals surface area contributed by atoms with Crippen LogP contribution >= 0.6 is 0 Å². The summed E-state index contributed by atoms with van der Waals surface area (Å²) in [7, 11) is -3.55. The first-order chi connectivity index (χ1) is 11.8. The zero-order chi connectivity index (χ0) is 18.4. The number of anilines is 2. The monoisotopic (exact) mass is 362 g/mol. The Kier molecular flexibility index (Phi) is 6.03. The number of amides is 1. The van der Waals surface area contributed by atoms with Crippen molar-refractivity contribution in [2.45, 2.75) is 26.0 Å². The molecule has 0 saturated carbocycles. The van der Waals surface area contributed by atoms with Crippen molar-refractivity contribution in [3.63, 3.8) is 0 Å². The maximum absolute atomic E-state index is 12.6. The van der Waals surface area contributed by atoms with Gasteiger partial charge in [-0.15, -0.1) is 0 Å². The number of rotatable bonds is 7. The van der Waals surface area contributed by atoms with Gasteiger partial charge in [0.2, 0.25) is 10.0 Å². The molecular formula is C18H22N2O4S. The molecule has 2 rings (SSSR count). The van der Waals surface area contributed by atoms with Gasteiger partial charge in [-0.3, -0.25) is 9.52 Å². The average Bonchev–Trinajstić information content (AvgIpc) is 2.57. The van der Waals surface area contributed by atoms with Crippen molar-refractivity contribution in [3.05, 3.63) is 54.1 Å². The fourth-order valence-electron chi connectivity index (χ4n) is 2.08. The van der Waals surface area contributed by atoms with Crippen LogP contribution in [0.25, 0.3) is 0 Å². The molecule has 2 N–H and O–H groups in total. The summed E-state index contributed by atoms with van der Waals surface area (Å²) in [5.74, 6) is 0.132. The van der Waals surface area contributed by atoms with Crippen molar-refractivity contribution in [2.75, 3.05) is 16.6 Å². The van der Waals surface area contributed by atoms with E-state index >= 15 is 0 Å².